The van der Waals surface area contributed by atoms with E-state index in [1.54, 1.807) is 31.3 Å². The van der Waals surface area contributed by atoms with Gasteiger partial charge in [0.05, 0.1) is 11.6 Å². The summed E-state index contributed by atoms with van der Waals surface area (Å²) in [5, 5.41) is 2.82. The van der Waals surface area contributed by atoms with Crippen LogP contribution in [0.25, 0.3) is 0 Å². The number of sulfonamides is 1. The number of carbonyl (C=O) groups excluding carboxylic acids is 2. The molecule has 2 aliphatic carbocycles. The van der Waals surface area contributed by atoms with Crippen LogP contribution >= 0.6 is 0 Å². The molecule has 1 heterocycles. The van der Waals surface area contributed by atoms with E-state index in [2.05, 4.69) is 5.32 Å². The number of rotatable bonds is 6. The lowest BCUT2D eigenvalue weighted by Crippen LogP contribution is -2.38. The van der Waals surface area contributed by atoms with Gasteiger partial charge in [0, 0.05) is 32.1 Å². The second-order valence-electron chi connectivity index (χ2n) is 9.18. The fourth-order valence-corrected chi connectivity index (χ4v) is 6.86. The van der Waals surface area contributed by atoms with E-state index < -0.39 is 15.9 Å². The van der Waals surface area contributed by atoms with Crippen molar-refractivity contribution in [3.63, 3.8) is 0 Å². The van der Waals surface area contributed by atoms with Gasteiger partial charge in [-0.25, -0.2) is 8.42 Å². The summed E-state index contributed by atoms with van der Waals surface area (Å²) < 4.78 is 28.2. The molecule has 2 saturated carbocycles. The molecule has 0 bridgehead atoms. The van der Waals surface area contributed by atoms with Crippen LogP contribution in [0.15, 0.2) is 29.2 Å². The molecule has 0 radical (unpaired) electrons. The minimum atomic E-state index is -3.73. The van der Waals surface area contributed by atoms with Gasteiger partial charge in [-0.2, -0.15) is 4.31 Å². The molecule has 8 heteroatoms. The van der Waals surface area contributed by atoms with Gasteiger partial charge in [0.15, 0.2) is 0 Å². The Labute approximate surface area is 185 Å². The Balaban J connectivity index is 1.48. The monoisotopic (exact) mass is 447 g/mol. The van der Waals surface area contributed by atoms with Gasteiger partial charge in [0.2, 0.25) is 21.8 Å². The van der Waals surface area contributed by atoms with Crippen LogP contribution in [0.4, 0.5) is 5.69 Å². The van der Waals surface area contributed by atoms with Crippen molar-refractivity contribution >= 4 is 27.5 Å². The number of nitrogens with one attached hydrogen (secondary N) is 1. The number of para-hydroxylation sites is 1. The maximum absolute atomic E-state index is 13.3. The molecule has 3 aliphatic rings. The second-order valence-corrected chi connectivity index (χ2v) is 11.1. The molecule has 0 aromatic heterocycles. The van der Waals surface area contributed by atoms with E-state index in [0.717, 1.165) is 57.8 Å². The van der Waals surface area contributed by atoms with Crippen LogP contribution in [0, 0.1) is 5.92 Å². The number of amides is 2. The third-order valence-corrected chi connectivity index (χ3v) is 9.15. The van der Waals surface area contributed by atoms with Gasteiger partial charge < -0.3 is 10.2 Å². The van der Waals surface area contributed by atoms with Crippen molar-refractivity contribution in [3.05, 3.63) is 24.3 Å². The third kappa shape index (κ3) is 4.65. The predicted octanol–water partition coefficient (Wildman–Crippen LogP) is 3.37. The molecule has 1 atom stereocenters. The normalized spacial score (nSPS) is 23.6. The van der Waals surface area contributed by atoms with E-state index in [9.17, 15) is 18.0 Å². The number of nitrogens with zero attached hydrogens (tertiary/aromatic N) is 2. The minimum Gasteiger partial charge on any atom is -0.339 e. The zero-order valence-electron chi connectivity index (χ0n) is 18.3. The molecular weight excluding hydrogens is 414 g/mol. The van der Waals surface area contributed by atoms with Gasteiger partial charge in [-0.3, -0.25) is 9.59 Å². The average Bonchev–Trinajstić information content (AvgIpc) is 3.43. The van der Waals surface area contributed by atoms with E-state index in [0.29, 0.717) is 12.2 Å². The zero-order chi connectivity index (χ0) is 22.0. The topological polar surface area (TPSA) is 86.8 Å². The fourth-order valence-electron chi connectivity index (χ4n) is 5.30. The van der Waals surface area contributed by atoms with Crippen LogP contribution in [-0.4, -0.2) is 55.1 Å². The van der Waals surface area contributed by atoms with Gasteiger partial charge >= 0.3 is 0 Å². The van der Waals surface area contributed by atoms with E-state index in [-0.39, 0.29) is 35.2 Å². The summed E-state index contributed by atoms with van der Waals surface area (Å²) in [6, 6.07) is 6.83. The summed E-state index contributed by atoms with van der Waals surface area (Å²) in [5.74, 6) is -0.693. The van der Waals surface area contributed by atoms with Crippen molar-refractivity contribution in [2.75, 3.05) is 18.9 Å². The van der Waals surface area contributed by atoms with Gasteiger partial charge in [-0.15, -0.1) is 0 Å². The molecule has 4 rings (SSSR count). The SMILES string of the molecule is CN(C1CCCCC1)S(=O)(=O)c1ccccc1NC(=O)[C@@H]1CC(=O)N(C2CCCC2)C1. The molecule has 7 nitrogen and oxygen atoms in total. The van der Waals surface area contributed by atoms with E-state index in [1.807, 2.05) is 4.90 Å². The zero-order valence-corrected chi connectivity index (χ0v) is 19.1. The molecular formula is C23H33N3O4S. The van der Waals surface area contributed by atoms with Gasteiger partial charge in [0.1, 0.15) is 4.90 Å². The molecule has 2 amide bonds. The summed E-state index contributed by atoms with van der Waals surface area (Å²) in [7, 11) is -2.09. The summed E-state index contributed by atoms with van der Waals surface area (Å²) in [6.45, 7) is 0.423. The highest BCUT2D eigenvalue weighted by Crippen LogP contribution is 2.32. The van der Waals surface area contributed by atoms with Crippen molar-refractivity contribution in [3.8, 4) is 0 Å². The molecule has 3 fully saturated rings. The lowest BCUT2D eigenvalue weighted by atomic mass is 9.96. The molecule has 1 aliphatic heterocycles. The molecule has 170 valence electrons. The fraction of sp³-hybridized carbons (Fsp3) is 0.652. The molecule has 0 unspecified atom stereocenters. The smallest absolute Gasteiger partial charge is 0.245 e. The van der Waals surface area contributed by atoms with Gasteiger partial charge in [-0.1, -0.05) is 44.2 Å². The Kier molecular flexibility index (Phi) is 6.67. The van der Waals surface area contributed by atoms with Crippen LogP contribution in [-0.2, 0) is 19.6 Å². The second kappa shape index (κ2) is 9.28. The molecule has 1 aromatic rings. The largest absolute Gasteiger partial charge is 0.339 e. The Morgan fingerprint density at radius 3 is 2.39 bits per heavy atom. The highest BCUT2D eigenvalue weighted by atomic mass is 32.2. The van der Waals surface area contributed by atoms with E-state index in [4.69, 9.17) is 0 Å². The first-order chi connectivity index (χ1) is 14.9. The first kappa shape index (κ1) is 22.3. The first-order valence-corrected chi connectivity index (χ1v) is 13.0. The Morgan fingerprint density at radius 1 is 1.03 bits per heavy atom. The summed E-state index contributed by atoms with van der Waals surface area (Å²) >= 11 is 0. The molecule has 1 saturated heterocycles. The van der Waals surface area contributed by atoms with Crippen molar-refractivity contribution in [1.29, 1.82) is 0 Å². The van der Waals surface area contributed by atoms with Crippen LogP contribution in [0.5, 0.6) is 0 Å². The molecule has 31 heavy (non-hydrogen) atoms. The number of likely N-dealkylation sites (tertiary alicyclic amines) is 1. The van der Waals surface area contributed by atoms with Crippen LogP contribution < -0.4 is 5.32 Å². The van der Waals surface area contributed by atoms with Crippen LogP contribution in [0.1, 0.15) is 64.2 Å². The number of benzene rings is 1. The first-order valence-electron chi connectivity index (χ1n) is 11.6. The standard InChI is InChI=1S/C23H33N3O4S/c1-25(18-9-3-2-4-10-18)31(29,30)21-14-8-7-13-20(21)24-23(28)17-15-22(27)26(16-17)19-11-5-6-12-19/h7-8,13-14,17-19H,2-6,9-12,15-16H2,1H3,(H,24,28)/t17-/m1/s1. The molecule has 0 spiro atoms. The predicted molar refractivity (Wildman–Crippen MR) is 119 cm³/mol. The highest BCUT2D eigenvalue weighted by Gasteiger charge is 2.39. The highest BCUT2D eigenvalue weighted by molar-refractivity contribution is 7.89. The summed E-state index contributed by atoms with van der Waals surface area (Å²) in [4.78, 5) is 27.4. The van der Waals surface area contributed by atoms with Crippen molar-refractivity contribution in [2.24, 2.45) is 5.92 Å². The Morgan fingerprint density at radius 2 is 1.68 bits per heavy atom. The number of anilines is 1. The maximum atomic E-state index is 13.3. The number of hydrogen-bond donors (Lipinski definition) is 1. The average molecular weight is 448 g/mol. The van der Waals surface area contributed by atoms with Crippen molar-refractivity contribution in [2.45, 2.75) is 81.2 Å². The van der Waals surface area contributed by atoms with Gasteiger partial charge in [-0.05, 0) is 37.8 Å². The quantitative estimate of drug-likeness (QED) is 0.724. The van der Waals surface area contributed by atoms with E-state index >= 15 is 0 Å². The third-order valence-electron chi connectivity index (χ3n) is 7.19. The summed E-state index contributed by atoms with van der Waals surface area (Å²) in [6.07, 6.45) is 9.43. The minimum absolute atomic E-state index is 0.00469. The lowest BCUT2D eigenvalue weighted by molar-refractivity contribution is -0.129. The van der Waals surface area contributed by atoms with Crippen molar-refractivity contribution < 1.29 is 18.0 Å². The Hall–Kier alpha value is -1.93. The van der Waals surface area contributed by atoms with Crippen LogP contribution in [0.3, 0.4) is 0 Å². The lowest BCUT2D eigenvalue weighted by Gasteiger charge is -2.31. The summed E-state index contributed by atoms with van der Waals surface area (Å²) in [5.41, 5.74) is 0.293. The number of hydrogen-bond acceptors (Lipinski definition) is 4. The van der Waals surface area contributed by atoms with Crippen molar-refractivity contribution in [1.82, 2.24) is 9.21 Å². The van der Waals surface area contributed by atoms with Crippen LogP contribution in [0.2, 0.25) is 0 Å². The van der Waals surface area contributed by atoms with Gasteiger partial charge in [0.25, 0.3) is 0 Å². The molecule has 1 N–H and O–H groups in total. The van der Waals surface area contributed by atoms with E-state index in [1.165, 1.54) is 4.31 Å². The maximum Gasteiger partial charge on any atom is 0.245 e. The molecule has 1 aromatic carbocycles. The Bertz CT molecular complexity index is 921. The number of carbonyl (C=O) groups is 2.